The SMILES string of the molecule is Cc1cc(C)nc(Sc2ccc(N)c(C)c2)c1. The molecule has 1 heterocycles. The first-order chi connectivity index (χ1) is 8.04. The molecule has 2 nitrogen and oxygen atoms in total. The molecule has 3 heteroatoms. The lowest BCUT2D eigenvalue weighted by Crippen LogP contribution is -1.90. The molecule has 2 N–H and O–H groups in total. The Morgan fingerprint density at radius 2 is 1.82 bits per heavy atom. The van der Waals surface area contributed by atoms with Crippen molar-refractivity contribution in [2.24, 2.45) is 0 Å². The summed E-state index contributed by atoms with van der Waals surface area (Å²) in [7, 11) is 0. The number of nitrogens with zero attached hydrogens (tertiary/aromatic N) is 1. The van der Waals surface area contributed by atoms with Crippen molar-refractivity contribution in [3.8, 4) is 0 Å². The third-order valence-electron chi connectivity index (χ3n) is 2.54. The number of hydrogen-bond acceptors (Lipinski definition) is 3. The Balaban J connectivity index is 2.28. The Bertz CT molecular complexity index is 530. The Morgan fingerprint density at radius 1 is 1.06 bits per heavy atom. The quantitative estimate of drug-likeness (QED) is 0.818. The minimum atomic E-state index is 0.836. The van der Waals surface area contributed by atoms with E-state index in [2.05, 4.69) is 30.1 Å². The first kappa shape index (κ1) is 12.0. The van der Waals surface area contributed by atoms with Gasteiger partial charge in [0.1, 0.15) is 5.03 Å². The molecule has 0 amide bonds. The van der Waals surface area contributed by atoms with Crippen molar-refractivity contribution in [1.82, 2.24) is 4.98 Å². The zero-order valence-electron chi connectivity index (χ0n) is 10.3. The number of aromatic nitrogens is 1. The molecular formula is C14H16N2S. The number of hydrogen-bond donors (Lipinski definition) is 1. The van der Waals surface area contributed by atoms with E-state index in [0.717, 1.165) is 22.0 Å². The zero-order chi connectivity index (χ0) is 12.4. The minimum Gasteiger partial charge on any atom is -0.399 e. The van der Waals surface area contributed by atoms with Crippen LogP contribution in [0, 0.1) is 20.8 Å². The van der Waals surface area contributed by atoms with E-state index in [1.165, 1.54) is 10.5 Å². The second kappa shape index (κ2) is 4.80. The maximum atomic E-state index is 5.81. The van der Waals surface area contributed by atoms with Crippen LogP contribution in [0.3, 0.4) is 0 Å². The molecule has 0 saturated heterocycles. The van der Waals surface area contributed by atoms with Gasteiger partial charge < -0.3 is 5.73 Å². The van der Waals surface area contributed by atoms with E-state index in [9.17, 15) is 0 Å². The minimum absolute atomic E-state index is 0.836. The number of aryl methyl sites for hydroxylation is 3. The van der Waals surface area contributed by atoms with Crippen molar-refractivity contribution in [2.75, 3.05) is 5.73 Å². The van der Waals surface area contributed by atoms with Crippen LogP contribution in [-0.2, 0) is 0 Å². The summed E-state index contributed by atoms with van der Waals surface area (Å²) in [6.07, 6.45) is 0. The Kier molecular flexibility index (Phi) is 3.38. The monoisotopic (exact) mass is 244 g/mol. The van der Waals surface area contributed by atoms with Crippen LogP contribution in [0.1, 0.15) is 16.8 Å². The Labute approximate surface area is 106 Å². The van der Waals surface area contributed by atoms with Crippen LogP contribution in [0.4, 0.5) is 5.69 Å². The topological polar surface area (TPSA) is 38.9 Å². The van der Waals surface area contributed by atoms with E-state index < -0.39 is 0 Å². The Hall–Kier alpha value is -1.48. The van der Waals surface area contributed by atoms with E-state index in [1.807, 2.05) is 26.0 Å². The number of rotatable bonds is 2. The van der Waals surface area contributed by atoms with Gasteiger partial charge in [-0.3, -0.25) is 0 Å². The first-order valence-electron chi connectivity index (χ1n) is 5.54. The molecule has 0 radical (unpaired) electrons. The van der Waals surface area contributed by atoms with Crippen molar-refractivity contribution in [1.29, 1.82) is 0 Å². The molecule has 0 saturated carbocycles. The number of benzene rings is 1. The van der Waals surface area contributed by atoms with Gasteiger partial charge in [-0.1, -0.05) is 11.8 Å². The predicted octanol–water partition coefficient (Wildman–Crippen LogP) is 3.74. The van der Waals surface area contributed by atoms with Gasteiger partial charge in [0.15, 0.2) is 0 Å². The lowest BCUT2D eigenvalue weighted by Gasteiger charge is -2.06. The van der Waals surface area contributed by atoms with Crippen molar-refractivity contribution in [3.05, 3.63) is 47.2 Å². The number of anilines is 1. The van der Waals surface area contributed by atoms with Gasteiger partial charge in [0.2, 0.25) is 0 Å². The second-order valence-corrected chi connectivity index (χ2v) is 5.34. The largest absolute Gasteiger partial charge is 0.399 e. The van der Waals surface area contributed by atoms with Crippen LogP contribution in [0.2, 0.25) is 0 Å². The third-order valence-corrected chi connectivity index (χ3v) is 3.45. The highest BCUT2D eigenvalue weighted by atomic mass is 32.2. The van der Waals surface area contributed by atoms with Crippen molar-refractivity contribution < 1.29 is 0 Å². The number of pyridine rings is 1. The summed E-state index contributed by atoms with van der Waals surface area (Å²) in [5.41, 5.74) is 10.0. The fourth-order valence-electron chi connectivity index (χ4n) is 1.69. The fraction of sp³-hybridized carbons (Fsp3) is 0.214. The molecule has 0 fully saturated rings. The maximum absolute atomic E-state index is 5.81. The van der Waals surface area contributed by atoms with Gasteiger partial charge in [-0.25, -0.2) is 4.98 Å². The van der Waals surface area contributed by atoms with Crippen LogP contribution in [0.15, 0.2) is 40.3 Å². The third kappa shape index (κ3) is 3.01. The lowest BCUT2D eigenvalue weighted by atomic mass is 10.2. The molecule has 0 aliphatic heterocycles. The molecule has 0 unspecified atom stereocenters. The van der Waals surface area contributed by atoms with Crippen molar-refractivity contribution in [2.45, 2.75) is 30.7 Å². The second-order valence-electron chi connectivity index (χ2n) is 4.24. The molecule has 0 aliphatic rings. The van der Waals surface area contributed by atoms with E-state index in [4.69, 9.17) is 5.73 Å². The Morgan fingerprint density at radius 3 is 2.47 bits per heavy atom. The summed E-state index contributed by atoms with van der Waals surface area (Å²) >= 11 is 1.67. The summed E-state index contributed by atoms with van der Waals surface area (Å²) in [5.74, 6) is 0. The molecule has 1 aromatic heterocycles. The number of nitrogens with two attached hydrogens (primary N) is 1. The van der Waals surface area contributed by atoms with Gasteiger partial charge in [0, 0.05) is 16.3 Å². The fourth-order valence-corrected chi connectivity index (χ4v) is 2.74. The van der Waals surface area contributed by atoms with Crippen LogP contribution < -0.4 is 5.73 Å². The van der Waals surface area contributed by atoms with Gasteiger partial charge in [-0.05, 0) is 62.2 Å². The predicted molar refractivity (Wildman–Crippen MR) is 73.4 cm³/mol. The maximum Gasteiger partial charge on any atom is 0.101 e. The van der Waals surface area contributed by atoms with Crippen molar-refractivity contribution in [3.63, 3.8) is 0 Å². The summed E-state index contributed by atoms with van der Waals surface area (Å²) in [6.45, 7) is 6.13. The average Bonchev–Trinajstić information content (AvgIpc) is 2.22. The van der Waals surface area contributed by atoms with Gasteiger partial charge in [-0.15, -0.1) is 0 Å². The first-order valence-corrected chi connectivity index (χ1v) is 6.35. The highest BCUT2D eigenvalue weighted by molar-refractivity contribution is 7.99. The van der Waals surface area contributed by atoms with Gasteiger partial charge in [-0.2, -0.15) is 0 Å². The summed E-state index contributed by atoms with van der Waals surface area (Å²) < 4.78 is 0. The van der Waals surface area contributed by atoms with Crippen molar-refractivity contribution >= 4 is 17.4 Å². The van der Waals surface area contributed by atoms with Gasteiger partial charge >= 0.3 is 0 Å². The van der Waals surface area contributed by atoms with E-state index in [-0.39, 0.29) is 0 Å². The molecule has 17 heavy (non-hydrogen) atoms. The summed E-state index contributed by atoms with van der Waals surface area (Å²) in [5, 5.41) is 1.03. The average molecular weight is 244 g/mol. The number of nitrogen functional groups attached to an aromatic ring is 1. The summed E-state index contributed by atoms with van der Waals surface area (Å²) in [4.78, 5) is 5.69. The van der Waals surface area contributed by atoms with E-state index >= 15 is 0 Å². The van der Waals surface area contributed by atoms with E-state index in [0.29, 0.717) is 0 Å². The van der Waals surface area contributed by atoms with Gasteiger partial charge in [0.25, 0.3) is 0 Å². The van der Waals surface area contributed by atoms with Crippen LogP contribution >= 0.6 is 11.8 Å². The highest BCUT2D eigenvalue weighted by Crippen LogP contribution is 2.29. The molecule has 1 aromatic carbocycles. The molecule has 0 spiro atoms. The lowest BCUT2D eigenvalue weighted by molar-refractivity contribution is 1.05. The summed E-state index contributed by atoms with van der Waals surface area (Å²) in [6, 6.07) is 10.3. The normalized spacial score (nSPS) is 10.5. The van der Waals surface area contributed by atoms with Gasteiger partial charge in [0.05, 0.1) is 0 Å². The van der Waals surface area contributed by atoms with E-state index in [1.54, 1.807) is 11.8 Å². The van der Waals surface area contributed by atoms with Crippen LogP contribution in [0.25, 0.3) is 0 Å². The molecule has 0 aliphatic carbocycles. The smallest absolute Gasteiger partial charge is 0.101 e. The zero-order valence-corrected chi connectivity index (χ0v) is 11.1. The molecule has 2 rings (SSSR count). The molecule has 0 bridgehead atoms. The van der Waals surface area contributed by atoms with Crippen LogP contribution in [0.5, 0.6) is 0 Å². The molecule has 0 atom stereocenters. The standard InChI is InChI=1S/C14H16N2S/c1-9-6-11(3)16-14(7-9)17-12-4-5-13(15)10(2)8-12/h4-8H,15H2,1-3H3. The molecule has 2 aromatic rings. The highest BCUT2D eigenvalue weighted by Gasteiger charge is 2.02. The molecular weight excluding hydrogens is 228 g/mol. The molecule has 88 valence electrons. The van der Waals surface area contributed by atoms with Crippen LogP contribution in [-0.4, -0.2) is 4.98 Å².